The third kappa shape index (κ3) is 1.29. The molecule has 16 heavy (non-hydrogen) atoms. The summed E-state index contributed by atoms with van der Waals surface area (Å²) in [5.41, 5.74) is 3.17. The van der Waals surface area contributed by atoms with E-state index >= 15 is 0 Å². The van der Waals surface area contributed by atoms with Gasteiger partial charge in [-0.3, -0.25) is 4.79 Å². The molecule has 0 amide bonds. The Kier molecular flexibility index (Phi) is 2.10. The first-order valence-electron chi connectivity index (χ1n) is 5.77. The minimum atomic E-state index is 0.204. The van der Waals surface area contributed by atoms with Gasteiger partial charge in [0, 0.05) is 12.0 Å². The van der Waals surface area contributed by atoms with Gasteiger partial charge < -0.3 is 4.74 Å². The van der Waals surface area contributed by atoms with E-state index in [9.17, 15) is 4.79 Å². The van der Waals surface area contributed by atoms with Gasteiger partial charge in [0.1, 0.15) is 5.75 Å². The first kappa shape index (κ1) is 9.64. The van der Waals surface area contributed by atoms with E-state index in [1.54, 1.807) is 0 Å². The largest absolute Gasteiger partial charge is 0.492 e. The molecule has 82 valence electrons. The molecule has 0 N–H and O–H groups in total. The molecule has 1 aliphatic heterocycles. The van der Waals surface area contributed by atoms with Gasteiger partial charge in [-0.05, 0) is 24.0 Å². The molecule has 0 fully saturated rings. The van der Waals surface area contributed by atoms with Gasteiger partial charge in [-0.2, -0.15) is 0 Å². The van der Waals surface area contributed by atoms with Crippen molar-refractivity contribution in [1.29, 1.82) is 0 Å². The minimum absolute atomic E-state index is 0.204. The lowest BCUT2D eigenvalue weighted by atomic mass is 9.85. The Morgan fingerprint density at radius 3 is 3.12 bits per heavy atom. The number of benzene rings is 1. The highest BCUT2D eigenvalue weighted by molar-refractivity contribution is 6.01. The summed E-state index contributed by atoms with van der Waals surface area (Å²) in [4.78, 5) is 11.7. The number of fused-ring (bicyclic) bond motifs is 3. The van der Waals surface area contributed by atoms with Crippen molar-refractivity contribution in [3.05, 3.63) is 34.9 Å². The second-order valence-corrected chi connectivity index (χ2v) is 4.51. The molecule has 1 aromatic rings. The van der Waals surface area contributed by atoms with Crippen molar-refractivity contribution in [2.75, 3.05) is 6.61 Å². The maximum absolute atomic E-state index is 11.7. The van der Waals surface area contributed by atoms with Crippen LogP contribution in [0.3, 0.4) is 0 Å². The number of rotatable bonds is 0. The van der Waals surface area contributed by atoms with Crippen LogP contribution in [-0.4, -0.2) is 12.4 Å². The SMILES string of the molecule is CC1CC=Cc2c1ccc1c2OCCC1=O. The standard InChI is InChI=1S/C14H14O2/c1-9-3-2-4-11-10(9)5-6-12-13(15)7-8-16-14(11)12/h2,4-6,9H,3,7-8H2,1H3. The summed E-state index contributed by atoms with van der Waals surface area (Å²) in [5.74, 6) is 1.53. The van der Waals surface area contributed by atoms with Crippen molar-refractivity contribution in [2.45, 2.75) is 25.7 Å². The highest BCUT2D eigenvalue weighted by Crippen LogP contribution is 2.39. The second-order valence-electron chi connectivity index (χ2n) is 4.51. The molecule has 2 heteroatoms. The summed E-state index contributed by atoms with van der Waals surface area (Å²) < 4.78 is 5.67. The Bertz CT molecular complexity index is 486. The Morgan fingerprint density at radius 2 is 2.25 bits per heavy atom. The van der Waals surface area contributed by atoms with Crippen molar-refractivity contribution < 1.29 is 9.53 Å². The summed E-state index contributed by atoms with van der Waals surface area (Å²) >= 11 is 0. The monoisotopic (exact) mass is 214 g/mol. The number of allylic oxidation sites excluding steroid dienone is 1. The van der Waals surface area contributed by atoms with Gasteiger partial charge in [0.05, 0.1) is 12.2 Å². The van der Waals surface area contributed by atoms with Crippen LogP contribution in [-0.2, 0) is 0 Å². The van der Waals surface area contributed by atoms with Gasteiger partial charge in [-0.1, -0.05) is 25.1 Å². The number of carbonyl (C=O) groups excluding carboxylic acids is 1. The van der Waals surface area contributed by atoms with Crippen LogP contribution in [0.25, 0.3) is 6.08 Å². The molecule has 0 bridgehead atoms. The van der Waals surface area contributed by atoms with Crippen LogP contribution in [0, 0.1) is 0 Å². The van der Waals surface area contributed by atoms with Crippen LogP contribution < -0.4 is 4.74 Å². The molecule has 1 aromatic carbocycles. The predicted molar refractivity (Wildman–Crippen MR) is 63.0 cm³/mol. The third-order valence-corrected chi connectivity index (χ3v) is 3.41. The van der Waals surface area contributed by atoms with Crippen LogP contribution in [0.2, 0.25) is 0 Å². The van der Waals surface area contributed by atoms with Gasteiger partial charge in [0.25, 0.3) is 0 Å². The smallest absolute Gasteiger partial charge is 0.170 e. The number of Topliss-reactive ketones (excluding diaryl/α,β-unsaturated/α-hetero) is 1. The van der Waals surface area contributed by atoms with Gasteiger partial charge in [0.15, 0.2) is 5.78 Å². The zero-order valence-corrected chi connectivity index (χ0v) is 9.32. The summed E-state index contributed by atoms with van der Waals surface area (Å²) in [5, 5.41) is 0. The van der Waals surface area contributed by atoms with Gasteiger partial charge in [-0.25, -0.2) is 0 Å². The quantitative estimate of drug-likeness (QED) is 0.663. The van der Waals surface area contributed by atoms with E-state index in [1.807, 2.05) is 6.07 Å². The Labute approximate surface area is 94.9 Å². The van der Waals surface area contributed by atoms with Gasteiger partial charge in [0.2, 0.25) is 0 Å². The summed E-state index contributed by atoms with van der Waals surface area (Å²) in [6.07, 6.45) is 5.83. The first-order chi connectivity index (χ1) is 7.77. The fourth-order valence-corrected chi connectivity index (χ4v) is 2.49. The van der Waals surface area contributed by atoms with Crippen LogP contribution in [0.5, 0.6) is 5.75 Å². The molecule has 1 unspecified atom stereocenters. The molecule has 1 atom stereocenters. The van der Waals surface area contributed by atoms with E-state index in [2.05, 4.69) is 25.1 Å². The molecule has 1 heterocycles. The molecule has 0 saturated heterocycles. The molecule has 0 saturated carbocycles. The lowest BCUT2D eigenvalue weighted by Gasteiger charge is -2.24. The van der Waals surface area contributed by atoms with Gasteiger partial charge in [-0.15, -0.1) is 0 Å². The Morgan fingerprint density at radius 1 is 1.38 bits per heavy atom. The van der Waals surface area contributed by atoms with Crippen molar-refractivity contribution in [3.63, 3.8) is 0 Å². The zero-order valence-electron chi connectivity index (χ0n) is 9.32. The molecular formula is C14H14O2. The average molecular weight is 214 g/mol. The fourth-order valence-electron chi connectivity index (χ4n) is 2.49. The molecule has 0 aromatic heterocycles. The lowest BCUT2D eigenvalue weighted by Crippen LogP contribution is -2.17. The Hall–Kier alpha value is -1.57. The predicted octanol–water partition coefficient (Wildman–Crippen LogP) is 3.17. The summed E-state index contributed by atoms with van der Waals surface area (Å²) in [6, 6.07) is 4.00. The lowest BCUT2D eigenvalue weighted by molar-refractivity contribution is 0.0933. The topological polar surface area (TPSA) is 26.3 Å². The number of hydrogen-bond acceptors (Lipinski definition) is 2. The molecule has 3 rings (SSSR count). The van der Waals surface area contributed by atoms with Crippen molar-refractivity contribution in [2.24, 2.45) is 0 Å². The van der Waals surface area contributed by atoms with E-state index in [1.165, 1.54) is 5.56 Å². The second kappa shape index (κ2) is 3.48. The average Bonchev–Trinajstić information content (AvgIpc) is 2.30. The van der Waals surface area contributed by atoms with Crippen LogP contribution in [0.15, 0.2) is 18.2 Å². The maximum atomic E-state index is 11.7. The number of ketones is 1. The summed E-state index contributed by atoms with van der Waals surface area (Å²) in [6.45, 7) is 2.73. The molecule has 2 nitrogen and oxygen atoms in total. The molecule has 0 spiro atoms. The Balaban J connectivity index is 2.23. The normalized spacial score (nSPS) is 22.3. The van der Waals surface area contributed by atoms with Gasteiger partial charge >= 0.3 is 0 Å². The van der Waals surface area contributed by atoms with E-state index in [0.717, 1.165) is 23.3 Å². The van der Waals surface area contributed by atoms with E-state index in [-0.39, 0.29) is 5.78 Å². The van der Waals surface area contributed by atoms with Crippen molar-refractivity contribution in [3.8, 4) is 5.75 Å². The molecule has 1 aliphatic carbocycles. The first-order valence-corrected chi connectivity index (χ1v) is 5.77. The zero-order chi connectivity index (χ0) is 11.1. The fraction of sp³-hybridized carbons (Fsp3) is 0.357. The van der Waals surface area contributed by atoms with Crippen molar-refractivity contribution >= 4 is 11.9 Å². The van der Waals surface area contributed by atoms with Crippen LogP contribution in [0.4, 0.5) is 0 Å². The van der Waals surface area contributed by atoms with E-state index < -0.39 is 0 Å². The van der Waals surface area contributed by atoms with Crippen LogP contribution >= 0.6 is 0 Å². The van der Waals surface area contributed by atoms with Crippen LogP contribution in [0.1, 0.15) is 47.2 Å². The van der Waals surface area contributed by atoms with E-state index in [4.69, 9.17) is 4.74 Å². The number of hydrogen-bond donors (Lipinski definition) is 0. The molecule has 2 aliphatic rings. The van der Waals surface area contributed by atoms with Crippen molar-refractivity contribution in [1.82, 2.24) is 0 Å². The minimum Gasteiger partial charge on any atom is -0.492 e. The molecular weight excluding hydrogens is 200 g/mol. The maximum Gasteiger partial charge on any atom is 0.170 e. The number of ether oxygens (including phenoxy) is 1. The third-order valence-electron chi connectivity index (χ3n) is 3.41. The summed E-state index contributed by atoms with van der Waals surface area (Å²) in [7, 11) is 0. The highest BCUT2D eigenvalue weighted by atomic mass is 16.5. The number of carbonyl (C=O) groups is 1. The van der Waals surface area contributed by atoms with E-state index in [0.29, 0.717) is 18.9 Å². The highest BCUT2D eigenvalue weighted by Gasteiger charge is 2.24. The molecule has 0 radical (unpaired) electrons.